The number of hydrogen-bond donors (Lipinski definition) is 1. The molecule has 1 heterocycles. The summed E-state index contributed by atoms with van der Waals surface area (Å²) in [6.07, 6.45) is 18.5. The number of fused-ring (bicyclic) bond motifs is 2. The van der Waals surface area contributed by atoms with Crippen molar-refractivity contribution in [2.24, 2.45) is 5.92 Å². The van der Waals surface area contributed by atoms with Gasteiger partial charge in [0.05, 0.1) is 18.1 Å². The Hall–Kier alpha value is -4.36. The fraction of sp³-hybridized carbons (Fsp3) is 0.409. The summed E-state index contributed by atoms with van der Waals surface area (Å²) < 4.78 is 33.2. The molecule has 0 unspecified atom stereocenters. The number of carbonyl (C=O) groups excluding carboxylic acids is 1. The third-order valence-electron chi connectivity index (χ3n) is 10.1. The van der Waals surface area contributed by atoms with Crippen molar-refractivity contribution >= 4 is 23.4 Å². The van der Waals surface area contributed by atoms with Crippen LogP contribution in [0.25, 0.3) is 11.1 Å². The van der Waals surface area contributed by atoms with Crippen molar-refractivity contribution in [1.29, 1.82) is 0 Å². The maximum Gasteiger partial charge on any atom is 0.306 e. The molecule has 5 rings (SSSR count). The second-order valence-corrected chi connectivity index (χ2v) is 14.2. The molecule has 1 aliphatic carbocycles. The maximum atomic E-state index is 15.2. The number of ketones is 1. The molecule has 0 aromatic heterocycles. The lowest BCUT2D eigenvalue weighted by atomic mass is 9.93. The number of Topliss-reactive ketones (excluding diaryl/α,β-unsaturated/α-hetero) is 1. The predicted octanol–water partition coefficient (Wildman–Crippen LogP) is 11.4. The highest BCUT2D eigenvalue weighted by atomic mass is 35.5. The first-order chi connectivity index (χ1) is 25.2. The van der Waals surface area contributed by atoms with Gasteiger partial charge in [0.2, 0.25) is 0 Å². The Balaban J connectivity index is 1.40. The highest BCUT2D eigenvalue weighted by molar-refractivity contribution is 6.32. The van der Waals surface area contributed by atoms with Gasteiger partial charge in [0.15, 0.2) is 17.3 Å². The molecule has 6 nitrogen and oxygen atoms in total. The van der Waals surface area contributed by atoms with Crippen LogP contribution in [-0.2, 0) is 22.6 Å². The summed E-state index contributed by atoms with van der Waals surface area (Å²) in [5.74, 6) is -0.0998. The van der Waals surface area contributed by atoms with Crippen molar-refractivity contribution in [2.45, 2.75) is 97.0 Å². The quantitative estimate of drug-likeness (QED) is 0.272. The summed E-state index contributed by atoms with van der Waals surface area (Å²) >= 11 is 6.84. The number of benzene rings is 3. The summed E-state index contributed by atoms with van der Waals surface area (Å²) in [6.45, 7) is 2.39. The molecule has 1 aliphatic heterocycles. The van der Waals surface area contributed by atoms with E-state index < -0.39 is 11.8 Å². The van der Waals surface area contributed by atoms with E-state index in [0.29, 0.717) is 47.8 Å². The highest BCUT2D eigenvalue weighted by Crippen LogP contribution is 2.37. The molecule has 1 N–H and O–H groups in total. The van der Waals surface area contributed by atoms with Crippen molar-refractivity contribution in [2.75, 3.05) is 13.7 Å². The van der Waals surface area contributed by atoms with E-state index in [9.17, 15) is 14.7 Å². The minimum atomic E-state index is -0.733. The Morgan fingerprint density at radius 3 is 2.48 bits per heavy atom. The Labute approximate surface area is 312 Å². The van der Waals surface area contributed by atoms with Crippen LogP contribution >= 0.6 is 11.6 Å². The first kappa shape index (κ1) is 38.9. The summed E-state index contributed by atoms with van der Waals surface area (Å²) in [5.41, 5.74) is 5.50. The average Bonchev–Trinajstić information content (AvgIpc) is 3.11. The lowest BCUT2D eigenvalue weighted by Crippen LogP contribution is -2.13. The van der Waals surface area contributed by atoms with E-state index in [-0.39, 0.29) is 30.7 Å². The number of carboxylic acids is 1. The zero-order chi connectivity index (χ0) is 36.9. The van der Waals surface area contributed by atoms with Gasteiger partial charge >= 0.3 is 5.97 Å². The summed E-state index contributed by atoms with van der Waals surface area (Å²) in [7, 11) is 1.45. The van der Waals surface area contributed by atoms with Gasteiger partial charge in [-0.3, -0.25) is 9.59 Å². The van der Waals surface area contributed by atoms with Crippen molar-refractivity contribution in [3.05, 3.63) is 112 Å². The number of halogens is 2. The van der Waals surface area contributed by atoms with Crippen LogP contribution in [0.15, 0.2) is 84.0 Å². The number of carbonyl (C=O) groups is 2. The first-order valence-corrected chi connectivity index (χ1v) is 19.0. The molecule has 8 heteroatoms. The van der Waals surface area contributed by atoms with Gasteiger partial charge in [-0.05, 0) is 97.9 Å². The number of aryl methyl sites for hydroxylation is 1. The van der Waals surface area contributed by atoms with Crippen LogP contribution in [0.5, 0.6) is 17.2 Å². The van der Waals surface area contributed by atoms with Crippen LogP contribution in [0, 0.1) is 18.7 Å². The largest absolute Gasteiger partial charge is 0.494 e. The second kappa shape index (κ2) is 19.5. The molecule has 2 aliphatic rings. The van der Waals surface area contributed by atoms with Crippen molar-refractivity contribution in [3.63, 3.8) is 0 Å². The number of allylic oxidation sites excluding steroid dienone is 4. The van der Waals surface area contributed by atoms with Gasteiger partial charge < -0.3 is 19.3 Å². The minimum Gasteiger partial charge on any atom is -0.494 e. The summed E-state index contributed by atoms with van der Waals surface area (Å²) in [4.78, 5) is 25.2. The smallest absolute Gasteiger partial charge is 0.306 e. The highest BCUT2D eigenvalue weighted by Gasteiger charge is 2.19. The molecular formula is C44H50ClFO6. The number of rotatable bonds is 6. The van der Waals surface area contributed by atoms with Crippen LogP contribution in [0.3, 0.4) is 0 Å². The molecule has 0 amide bonds. The van der Waals surface area contributed by atoms with Gasteiger partial charge in [0.25, 0.3) is 0 Å². The van der Waals surface area contributed by atoms with E-state index in [1.165, 1.54) is 7.11 Å². The molecule has 52 heavy (non-hydrogen) atoms. The van der Waals surface area contributed by atoms with Crippen LogP contribution in [-0.4, -0.2) is 30.6 Å². The fourth-order valence-corrected chi connectivity index (χ4v) is 7.19. The van der Waals surface area contributed by atoms with Crippen molar-refractivity contribution < 1.29 is 33.3 Å². The predicted molar refractivity (Wildman–Crippen MR) is 205 cm³/mol. The lowest BCUT2D eigenvalue weighted by Gasteiger charge is -2.18. The molecule has 0 saturated carbocycles. The molecule has 2 bridgehead atoms. The molecule has 276 valence electrons. The zero-order valence-electron chi connectivity index (χ0n) is 30.4. The minimum absolute atomic E-state index is 0.143. The lowest BCUT2D eigenvalue weighted by molar-refractivity contribution is -0.142. The van der Waals surface area contributed by atoms with Crippen molar-refractivity contribution in [3.8, 4) is 28.4 Å². The Morgan fingerprint density at radius 1 is 0.942 bits per heavy atom. The van der Waals surface area contributed by atoms with E-state index in [2.05, 4.69) is 6.08 Å². The monoisotopic (exact) mass is 728 g/mol. The molecular weight excluding hydrogens is 679 g/mol. The fourth-order valence-electron chi connectivity index (χ4n) is 6.95. The standard InChI is InChI=1S/C44H50ClFO6/c1-30-35(20-13-21-36(30)37-22-14-24-40(50-2)43(37)46)29-52-42-27-41-34(26-38(42)45)19-12-11-17-32(44(48)49)16-8-4-3-5-10-23-39(47)33-18-9-6-7-15-31(25-33)28-51-41/h7,13-15,18,20-22,24-27,32H,3-6,8-12,16-17,19,23,28-29H2,1-2H3,(H,48,49)/b15-7-,31-25+,33-18-/t32-/m1/s1. The van der Waals surface area contributed by atoms with Crippen molar-refractivity contribution in [1.82, 2.24) is 0 Å². The van der Waals surface area contributed by atoms with E-state index in [0.717, 1.165) is 91.2 Å². The number of ether oxygens (including phenoxy) is 3. The summed E-state index contributed by atoms with van der Waals surface area (Å²) in [5, 5.41) is 10.3. The Kier molecular flexibility index (Phi) is 14.5. The summed E-state index contributed by atoms with van der Waals surface area (Å²) in [6, 6.07) is 14.5. The number of carboxylic acid groups (broad SMARTS) is 1. The molecule has 0 fully saturated rings. The molecule has 1 atom stereocenters. The molecule has 0 saturated heterocycles. The normalized spacial score (nSPS) is 20.7. The third-order valence-corrected chi connectivity index (χ3v) is 10.4. The molecule has 0 radical (unpaired) electrons. The van der Waals surface area contributed by atoms with Crippen LogP contribution in [0.4, 0.5) is 4.39 Å². The zero-order valence-corrected chi connectivity index (χ0v) is 31.1. The van der Waals surface area contributed by atoms with E-state index in [4.69, 9.17) is 25.8 Å². The second-order valence-electron chi connectivity index (χ2n) is 13.7. The molecule has 3 aromatic rings. The molecule has 3 aromatic carbocycles. The van der Waals surface area contributed by atoms with E-state index >= 15 is 4.39 Å². The average molecular weight is 729 g/mol. The Bertz CT molecular complexity index is 1810. The van der Waals surface area contributed by atoms with Gasteiger partial charge in [-0.15, -0.1) is 0 Å². The Morgan fingerprint density at radius 2 is 1.67 bits per heavy atom. The van der Waals surface area contributed by atoms with Gasteiger partial charge in [-0.2, -0.15) is 0 Å². The van der Waals surface area contributed by atoms with Gasteiger partial charge in [0.1, 0.15) is 24.7 Å². The van der Waals surface area contributed by atoms with Gasteiger partial charge in [0, 0.05) is 23.6 Å². The SMILES string of the molecule is COc1cccc(-c2cccc(COc3cc4c(cc3Cl)CCCC[C@H](C(=O)O)CCCCCCCC(=O)C3=C\CC\C=C/C(=C\3)CO4)c2C)c1F. The van der Waals surface area contributed by atoms with Gasteiger partial charge in [-0.25, -0.2) is 4.39 Å². The first-order valence-electron chi connectivity index (χ1n) is 18.6. The number of hydrogen-bond acceptors (Lipinski definition) is 5. The maximum absolute atomic E-state index is 15.2. The van der Waals surface area contributed by atoms with Crippen LogP contribution in [0.1, 0.15) is 93.7 Å². The third kappa shape index (κ3) is 10.6. The number of aliphatic carboxylic acids is 1. The molecule has 0 spiro atoms. The van der Waals surface area contributed by atoms with E-state index in [1.54, 1.807) is 18.2 Å². The van der Waals surface area contributed by atoms with Crippen LogP contribution < -0.4 is 14.2 Å². The van der Waals surface area contributed by atoms with Gasteiger partial charge in [-0.1, -0.05) is 92.3 Å². The van der Waals surface area contributed by atoms with E-state index in [1.807, 2.05) is 55.5 Å². The number of methoxy groups -OCH3 is 1. The van der Waals surface area contributed by atoms with Crippen LogP contribution in [0.2, 0.25) is 5.02 Å². The topological polar surface area (TPSA) is 82.1 Å².